The first-order valence-electron chi connectivity index (χ1n) is 4.83. The summed E-state index contributed by atoms with van der Waals surface area (Å²) in [6.07, 6.45) is 1.40. The number of rotatable bonds is 7. The van der Waals surface area contributed by atoms with E-state index in [0.717, 1.165) is 31.5 Å². The molecular weight excluding hydrogens is 152 g/mol. The molecule has 1 aliphatic rings. The molecule has 3 nitrogen and oxygen atoms in total. The standard InChI is InChI=1S/C9H20N2O/c1-8-6-9(8)7-11-3-5-12-4-2-10/h8-9,11H,2-7,10H2,1H3. The number of ether oxygens (including phenoxy) is 1. The van der Waals surface area contributed by atoms with Crippen molar-refractivity contribution in [2.45, 2.75) is 13.3 Å². The van der Waals surface area contributed by atoms with E-state index in [-0.39, 0.29) is 0 Å². The number of nitrogens with two attached hydrogens (primary N) is 1. The second-order valence-electron chi connectivity index (χ2n) is 3.58. The van der Waals surface area contributed by atoms with Crippen molar-refractivity contribution in [3.63, 3.8) is 0 Å². The van der Waals surface area contributed by atoms with Crippen LogP contribution in [0.5, 0.6) is 0 Å². The van der Waals surface area contributed by atoms with Crippen molar-refractivity contribution in [2.75, 3.05) is 32.8 Å². The van der Waals surface area contributed by atoms with Crippen LogP contribution in [0.3, 0.4) is 0 Å². The summed E-state index contributed by atoms with van der Waals surface area (Å²) < 4.78 is 5.22. The number of hydrogen-bond donors (Lipinski definition) is 2. The van der Waals surface area contributed by atoms with Crippen LogP contribution in [0.25, 0.3) is 0 Å². The van der Waals surface area contributed by atoms with E-state index >= 15 is 0 Å². The van der Waals surface area contributed by atoms with Gasteiger partial charge >= 0.3 is 0 Å². The third kappa shape index (κ3) is 4.04. The van der Waals surface area contributed by atoms with Gasteiger partial charge in [0.15, 0.2) is 0 Å². The van der Waals surface area contributed by atoms with Gasteiger partial charge in [-0.15, -0.1) is 0 Å². The molecule has 0 aromatic rings. The number of nitrogens with one attached hydrogen (secondary N) is 1. The zero-order valence-corrected chi connectivity index (χ0v) is 7.88. The zero-order valence-electron chi connectivity index (χ0n) is 7.88. The van der Waals surface area contributed by atoms with Gasteiger partial charge in [-0.3, -0.25) is 0 Å². The van der Waals surface area contributed by atoms with Crippen molar-refractivity contribution < 1.29 is 4.74 Å². The van der Waals surface area contributed by atoms with Crippen molar-refractivity contribution in [1.82, 2.24) is 5.32 Å². The predicted molar refractivity (Wildman–Crippen MR) is 50.0 cm³/mol. The summed E-state index contributed by atoms with van der Waals surface area (Å²) in [5, 5.41) is 3.37. The highest BCUT2D eigenvalue weighted by atomic mass is 16.5. The molecule has 2 unspecified atom stereocenters. The fourth-order valence-corrected chi connectivity index (χ4v) is 1.30. The molecular formula is C9H20N2O. The first-order chi connectivity index (χ1) is 5.84. The number of hydrogen-bond acceptors (Lipinski definition) is 3. The second-order valence-corrected chi connectivity index (χ2v) is 3.58. The summed E-state index contributed by atoms with van der Waals surface area (Å²) in [5.41, 5.74) is 5.27. The van der Waals surface area contributed by atoms with E-state index in [4.69, 9.17) is 10.5 Å². The van der Waals surface area contributed by atoms with Crippen LogP contribution in [0.1, 0.15) is 13.3 Å². The van der Waals surface area contributed by atoms with Crippen LogP contribution in [0.4, 0.5) is 0 Å². The molecule has 0 aromatic carbocycles. The van der Waals surface area contributed by atoms with Crippen molar-refractivity contribution in [3.8, 4) is 0 Å². The maximum absolute atomic E-state index is 5.27. The Balaban J connectivity index is 1.72. The molecule has 1 rings (SSSR count). The lowest BCUT2D eigenvalue weighted by Gasteiger charge is -2.03. The van der Waals surface area contributed by atoms with Crippen molar-refractivity contribution >= 4 is 0 Å². The van der Waals surface area contributed by atoms with Gasteiger partial charge in [-0.25, -0.2) is 0 Å². The quantitative estimate of drug-likeness (QED) is 0.540. The first kappa shape index (κ1) is 9.96. The highest BCUT2D eigenvalue weighted by molar-refractivity contribution is 4.83. The molecule has 3 heteroatoms. The van der Waals surface area contributed by atoms with Crippen LogP contribution in [0, 0.1) is 11.8 Å². The van der Waals surface area contributed by atoms with Crippen molar-refractivity contribution in [1.29, 1.82) is 0 Å². The van der Waals surface area contributed by atoms with Crippen LogP contribution in [-0.2, 0) is 4.74 Å². The largest absolute Gasteiger partial charge is 0.379 e. The van der Waals surface area contributed by atoms with Gasteiger partial charge in [-0.1, -0.05) is 6.92 Å². The van der Waals surface area contributed by atoms with E-state index in [0.29, 0.717) is 13.2 Å². The SMILES string of the molecule is CC1CC1CNCCOCCN. The Morgan fingerprint density at radius 1 is 1.50 bits per heavy atom. The first-order valence-corrected chi connectivity index (χ1v) is 4.83. The topological polar surface area (TPSA) is 47.3 Å². The molecule has 1 aliphatic carbocycles. The molecule has 0 spiro atoms. The minimum absolute atomic E-state index is 0.625. The lowest BCUT2D eigenvalue weighted by Crippen LogP contribution is -2.23. The Hall–Kier alpha value is -0.120. The van der Waals surface area contributed by atoms with Gasteiger partial charge in [0, 0.05) is 13.1 Å². The van der Waals surface area contributed by atoms with Gasteiger partial charge in [0.1, 0.15) is 0 Å². The smallest absolute Gasteiger partial charge is 0.0591 e. The van der Waals surface area contributed by atoms with E-state index in [9.17, 15) is 0 Å². The Morgan fingerprint density at radius 2 is 2.25 bits per heavy atom. The molecule has 0 radical (unpaired) electrons. The average Bonchev–Trinajstić information content (AvgIpc) is 2.74. The average molecular weight is 172 g/mol. The van der Waals surface area contributed by atoms with E-state index in [1.54, 1.807) is 0 Å². The summed E-state index contributed by atoms with van der Waals surface area (Å²) >= 11 is 0. The third-order valence-corrected chi connectivity index (χ3v) is 2.37. The monoisotopic (exact) mass is 172 g/mol. The van der Waals surface area contributed by atoms with E-state index in [1.807, 2.05) is 0 Å². The minimum Gasteiger partial charge on any atom is -0.379 e. The molecule has 0 saturated heterocycles. The van der Waals surface area contributed by atoms with E-state index in [1.165, 1.54) is 6.42 Å². The molecule has 72 valence electrons. The zero-order chi connectivity index (χ0) is 8.81. The predicted octanol–water partition coefficient (Wildman–Crippen LogP) is 0.207. The van der Waals surface area contributed by atoms with Crippen LogP contribution >= 0.6 is 0 Å². The summed E-state index contributed by atoms with van der Waals surface area (Å²) in [4.78, 5) is 0. The fraction of sp³-hybridized carbons (Fsp3) is 1.00. The van der Waals surface area contributed by atoms with Gasteiger partial charge < -0.3 is 15.8 Å². The van der Waals surface area contributed by atoms with Crippen molar-refractivity contribution in [3.05, 3.63) is 0 Å². The lowest BCUT2D eigenvalue weighted by molar-refractivity contribution is 0.143. The Kier molecular flexibility index (Phi) is 4.58. The molecule has 0 aromatic heterocycles. The van der Waals surface area contributed by atoms with Crippen LogP contribution in [0.15, 0.2) is 0 Å². The lowest BCUT2D eigenvalue weighted by atomic mass is 10.3. The Bertz CT molecular complexity index is 119. The molecule has 0 aliphatic heterocycles. The third-order valence-electron chi connectivity index (χ3n) is 2.37. The van der Waals surface area contributed by atoms with Gasteiger partial charge in [0.05, 0.1) is 13.2 Å². The molecule has 2 atom stereocenters. The fourth-order valence-electron chi connectivity index (χ4n) is 1.30. The normalized spacial score (nSPS) is 27.5. The van der Waals surface area contributed by atoms with E-state index in [2.05, 4.69) is 12.2 Å². The highest BCUT2D eigenvalue weighted by Gasteiger charge is 2.31. The maximum atomic E-state index is 5.27. The Labute approximate surface area is 74.7 Å². The summed E-state index contributed by atoms with van der Waals surface area (Å²) in [6, 6.07) is 0. The highest BCUT2D eigenvalue weighted by Crippen LogP contribution is 2.36. The molecule has 12 heavy (non-hydrogen) atoms. The molecule has 3 N–H and O–H groups in total. The van der Waals surface area contributed by atoms with Crippen LogP contribution in [-0.4, -0.2) is 32.8 Å². The molecule has 0 bridgehead atoms. The second kappa shape index (κ2) is 5.51. The van der Waals surface area contributed by atoms with Crippen molar-refractivity contribution in [2.24, 2.45) is 17.6 Å². The molecule has 0 heterocycles. The summed E-state index contributed by atoms with van der Waals surface area (Å²) in [5.74, 6) is 1.88. The maximum Gasteiger partial charge on any atom is 0.0591 e. The molecule has 1 fully saturated rings. The molecule has 1 saturated carbocycles. The summed E-state index contributed by atoms with van der Waals surface area (Å²) in [6.45, 7) is 6.52. The van der Waals surface area contributed by atoms with Crippen LogP contribution in [0.2, 0.25) is 0 Å². The minimum atomic E-state index is 0.625. The molecule has 0 amide bonds. The van der Waals surface area contributed by atoms with Gasteiger partial charge in [0.25, 0.3) is 0 Å². The van der Waals surface area contributed by atoms with Crippen LogP contribution < -0.4 is 11.1 Å². The van der Waals surface area contributed by atoms with Gasteiger partial charge in [-0.2, -0.15) is 0 Å². The Morgan fingerprint density at radius 3 is 2.83 bits per heavy atom. The van der Waals surface area contributed by atoms with E-state index < -0.39 is 0 Å². The van der Waals surface area contributed by atoms with Gasteiger partial charge in [0.2, 0.25) is 0 Å². The summed E-state index contributed by atoms with van der Waals surface area (Å²) in [7, 11) is 0. The van der Waals surface area contributed by atoms with Gasteiger partial charge in [-0.05, 0) is 24.8 Å².